The van der Waals surface area contributed by atoms with Gasteiger partial charge in [0.1, 0.15) is 5.82 Å². The maximum absolute atomic E-state index is 14.1. The van der Waals surface area contributed by atoms with Gasteiger partial charge in [0.15, 0.2) is 17.3 Å². The number of ether oxygens (including phenoxy) is 3. The molecule has 1 N–H and O–H groups in total. The first-order chi connectivity index (χ1) is 24.9. The fourth-order valence-electron chi connectivity index (χ4n) is 6.32. The molecule has 0 spiro atoms. The van der Waals surface area contributed by atoms with Crippen LogP contribution in [-0.2, 0) is 20.7 Å². The monoisotopic (exact) mass is 763 g/mol. The van der Waals surface area contributed by atoms with Crippen molar-refractivity contribution in [3.8, 4) is 11.5 Å². The summed E-state index contributed by atoms with van der Waals surface area (Å²) in [6.45, 7) is 7.12. The maximum atomic E-state index is 14.1. The molecule has 0 radical (unpaired) electrons. The van der Waals surface area contributed by atoms with Gasteiger partial charge < -0.3 is 29.3 Å². The predicted molar refractivity (Wildman–Crippen MR) is 196 cm³/mol. The molecule has 2 aliphatic rings. The van der Waals surface area contributed by atoms with Gasteiger partial charge in [-0.2, -0.15) is 5.10 Å². The topological polar surface area (TPSA) is 122 Å². The molecule has 0 aliphatic carbocycles. The summed E-state index contributed by atoms with van der Waals surface area (Å²) in [5.41, 5.74) is 1.96. The number of nitrogens with zero attached hydrogens (tertiary/aromatic N) is 6. The normalized spacial score (nSPS) is 15.2. The van der Waals surface area contributed by atoms with Crippen LogP contribution in [0.15, 0.2) is 59.3 Å². The highest BCUT2D eigenvalue weighted by Crippen LogP contribution is 2.38. The van der Waals surface area contributed by atoms with Crippen LogP contribution < -0.4 is 19.7 Å². The van der Waals surface area contributed by atoms with E-state index in [1.807, 2.05) is 24.3 Å². The summed E-state index contributed by atoms with van der Waals surface area (Å²) in [6, 6.07) is 12.3. The Hall–Kier alpha value is -4.40. The number of hydrogen-bond donors (Lipinski definition) is 1. The van der Waals surface area contributed by atoms with Gasteiger partial charge in [-0.3, -0.25) is 19.5 Å². The van der Waals surface area contributed by atoms with Gasteiger partial charge in [0.05, 0.1) is 38.3 Å². The van der Waals surface area contributed by atoms with Crippen LogP contribution in [0.2, 0.25) is 0 Å². The van der Waals surface area contributed by atoms with Crippen molar-refractivity contribution in [1.82, 2.24) is 25.0 Å². The molecule has 6 rings (SSSR count). The second-order valence-electron chi connectivity index (χ2n) is 12.6. The van der Waals surface area contributed by atoms with E-state index >= 15 is 0 Å². The number of piperazine rings is 1. The van der Waals surface area contributed by atoms with Crippen LogP contribution in [0.25, 0.3) is 10.8 Å². The minimum Gasteiger partial charge on any atom is -0.493 e. The highest BCUT2D eigenvalue weighted by Gasteiger charge is 2.26. The van der Waals surface area contributed by atoms with Crippen LogP contribution in [0.1, 0.15) is 36.9 Å². The number of morpholine rings is 1. The first-order valence-corrected chi connectivity index (χ1v) is 18.1. The lowest BCUT2D eigenvalue weighted by Gasteiger charge is -2.35. The Morgan fingerprint density at radius 1 is 0.922 bits per heavy atom. The summed E-state index contributed by atoms with van der Waals surface area (Å²) < 4.78 is 32.3. The number of nitrogens with one attached hydrogen (secondary N) is 1. The minimum atomic E-state index is -0.544. The second kappa shape index (κ2) is 17.7. The number of benzene rings is 2. The van der Waals surface area contributed by atoms with Crippen LogP contribution in [-0.4, -0.2) is 110 Å². The number of carbonyl (C=O) groups is 2. The number of hydrogen-bond acceptors (Lipinski definition) is 10. The molecular formula is C37H43BrFN7O5. The van der Waals surface area contributed by atoms with E-state index in [0.29, 0.717) is 61.0 Å². The third-order valence-electron chi connectivity index (χ3n) is 9.17. The van der Waals surface area contributed by atoms with Gasteiger partial charge in [-0.1, -0.05) is 15.9 Å². The lowest BCUT2D eigenvalue weighted by molar-refractivity contribution is -0.133. The van der Waals surface area contributed by atoms with Crippen molar-refractivity contribution in [2.75, 3.05) is 83.0 Å². The molecule has 14 heteroatoms. The molecule has 2 amide bonds. The number of fused-ring (bicyclic) bond motifs is 1. The number of anilines is 2. The van der Waals surface area contributed by atoms with Crippen LogP contribution in [0.3, 0.4) is 0 Å². The van der Waals surface area contributed by atoms with Gasteiger partial charge in [0.2, 0.25) is 11.8 Å². The molecule has 51 heavy (non-hydrogen) atoms. The summed E-state index contributed by atoms with van der Waals surface area (Å²) in [4.78, 5) is 36.0. The van der Waals surface area contributed by atoms with Crippen molar-refractivity contribution in [3.63, 3.8) is 0 Å². The molecule has 2 aromatic carbocycles. The van der Waals surface area contributed by atoms with Crippen LogP contribution >= 0.6 is 15.9 Å². The summed E-state index contributed by atoms with van der Waals surface area (Å²) in [7, 11) is 1.64. The molecule has 2 aromatic heterocycles. The average molecular weight is 765 g/mol. The van der Waals surface area contributed by atoms with Crippen LogP contribution in [0.4, 0.5) is 15.9 Å². The number of pyridine rings is 1. The molecule has 4 heterocycles. The van der Waals surface area contributed by atoms with Crippen molar-refractivity contribution >= 4 is 50.0 Å². The second-order valence-corrected chi connectivity index (χ2v) is 13.5. The number of amides is 2. The molecular weight excluding hydrogens is 721 g/mol. The van der Waals surface area contributed by atoms with E-state index in [9.17, 15) is 14.0 Å². The zero-order valence-corrected chi connectivity index (χ0v) is 30.4. The third kappa shape index (κ3) is 9.69. The Balaban J connectivity index is 1.12. The van der Waals surface area contributed by atoms with Gasteiger partial charge in [-0.25, -0.2) is 4.39 Å². The Morgan fingerprint density at radius 2 is 1.69 bits per heavy atom. The zero-order chi connectivity index (χ0) is 35.6. The number of unbranched alkanes of at least 4 members (excludes halogenated alkanes) is 1. The van der Waals surface area contributed by atoms with Gasteiger partial charge >= 0.3 is 0 Å². The molecule has 12 nitrogen and oxygen atoms in total. The van der Waals surface area contributed by atoms with Crippen LogP contribution in [0.5, 0.6) is 11.5 Å². The van der Waals surface area contributed by atoms with Crippen molar-refractivity contribution in [3.05, 3.63) is 76.4 Å². The molecule has 0 bridgehead atoms. The lowest BCUT2D eigenvalue weighted by atomic mass is 10.0. The Kier molecular flexibility index (Phi) is 12.6. The summed E-state index contributed by atoms with van der Waals surface area (Å²) in [5.74, 6) is 0.911. The number of halogens is 2. The number of aromatic nitrogens is 3. The highest BCUT2D eigenvalue weighted by molar-refractivity contribution is 9.10. The van der Waals surface area contributed by atoms with Crippen LogP contribution in [0, 0.1) is 5.82 Å². The number of methoxy groups -OCH3 is 1. The SMILES string of the molecule is COc1cc2c(Cc3ccncc3)nnc(N3CCN(C(=O)CCC(=O)Nc4ccc(Br)cc4F)CC3)c2cc1OCCCCN1CCOCC1. The van der Waals surface area contributed by atoms with E-state index in [4.69, 9.17) is 19.3 Å². The minimum absolute atomic E-state index is 0.0311. The zero-order valence-electron chi connectivity index (χ0n) is 28.8. The molecule has 2 fully saturated rings. The standard InChI is InChI=1S/C37H43BrFN7O5/c1-49-33-24-28-29(25-34(33)51-19-3-2-12-44-17-20-50-21-18-44)37(43-42-32(28)22-26-8-10-40-11-9-26)46-15-13-45(14-16-46)36(48)7-6-35(47)41-31-5-4-27(38)23-30(31)39/h4-5,8-11,23-25H,2-3,6-7,12-22H2,1H3,(H,41,47). The molecule has 0 saturated carbocycles. The maximum Gasteiger partial charge on any atom is 0.224 e. The Morgan fingerprint density at radius 3 is 2.43 bits per heavy atom. The third-order valence-corrected chi connectivity index (χ3v) is 9.67. The van der Waals surface area contributed by atoms with E-state index in [2.05, 4.69) is 41.1 Å². The van der Waals surface area contributed by atoms with E-state index in [1.54, 1.807) is 30.5 Å². The van der Waals surface area contributed by atoms with Crippen molar-refractivity contribution in [2.45, 2.75) is 32.1 Å². The first-order valence-electron chi connectivity index (χ1n) is 17.3. The Labute approximate surface area is 305 Å². The van der Waals surface area contributed by atoms with Gasteiger partial charge in [0.25, 0.3) is 0 Å². The first kappa shape index (κ1) is 36.4. The molecule has 270 valence electrons. The predicted octanol–water partition coefficient (Wildman–Crippen LogP) is 5.08. The summed E-state index contributed by atoms with van der Waals surface area (Å²) >= 11 is 3.21. The lowest BCUT2D eigenvalue weighted by Crippen LogP contribution is -2.49. The summed E-state index contributed by atoms with van der Waals surface area (Å²) in [6.07, 6.45) is 6.03. The van der Waals surface area contributed by atoms with Crippen molar-refractivity contribution in [1.29, 1.82) is 0 Å². The molecule has 0 unspecified atom stereocenters. The largest absolute Gasteiger partial charge is 0.493 e. The molecule has 4 aromatic rings. The fourth-order valence-corrected chi connectivity index (χ4v) is 6.66. The van der Waals surface area contributed by atoms with Gasteiger partial charge in [-0.15, -0.1) is 5.10 Å². The highest BCUT2D eigenvalue weighted by atomic mass is 79.9. The van der Waals surface area contributed by atoms with Gasteiger partial charge in [-0.05, 0) is 67.4 Å². The molecule has 2 saturated heterocycles. The van der Waals surface area contributed by atoms with E-state index in [-0.39, 0.29) is 24.4 Å². The van der Waals surface area contributed by atoms with E-state index in [0.717, 1.165) is 67.7 Å². The van der Waals surface area contributed by atoms with Gasteiger partial charge in [0, 0.05) is 86.2 Å². The number of rotatable bonds is 14. The summed E-state index contributed by atoms with van der Waals surface area (Å²) in [5, 5.41) is 13.8. The number of carbonyl (C=O) groups excluding carboxylic acids is 2. The fraction of sp³-hybridized carbons (Fsp3) is 0.432. The molecule has 0 atom stereocenters. The quantitative estimate of drug-likeness (QED) is 0.174. The van der Waals surface area contributed by atoms with Crippen molar-refractivity contribution in [2.24, 2.45) is 0 Å². The average Bonchev–Trinajstić information content (AvgIpc) is 3.15. The van der Waals surface area contributed by atoms with Crippen molar-refractivity contribution < 1.29 is 28.2 Å². The van der Waals surface area contributed by atoms with E-state index in [1.165, 1.54) is 12.1 Å². The molecule has 2 aliphatic heterocycles. The van der Waals surface area contributed by atoms with E-state index < -0.39 is 11.7 Å². The smallest absolute Gasteiger partial charge is 0.224 e. The Bertz CT molecular complexity index is 1800.